The minimum Gasteiger partial charge on any atom is -0.406 e. The molecular weight excluding hydrogens is 101 g/mol. The molecule has 1 N–H and O–H groups in total. The highest BCUT2D eigenvalue weighted by Gasteiger charge is 2.18. The Bertz CT molecular complexity index is 95.1. The summed E-state index contributed by atoms with van der Waals surface area (Å²) >= 11 is 0. The molecule has 0 aromatic heterocycles. The maximum absolute atomic E-state index is 10.7. The second-order valence-corrected chi connectivity index (χ2v) is 2.83. The Morgan fingerprint density at radius 1 is 1.50 bits per heavy atom. The summed E-state index contributed by atoms with van der Waals surface area (Å²) in [5.41, 5.74) is -0.241. The van der Waals surface area contributed by atoms with E-state index in [0.29, 0.717) is 0 Å². The number of carbonyl (C=O) groups excluding carboxylic acids is 1. The zero-order valence-corrected chi connectivity index (χ0v) is 5.91. The molecule has 0 aliphatic heterocycles. The maximum Gasteiger partial charge on any atom is 0.217 e. The fourth-order valence-electron chi connectivity index (χ4n) is 0.375. The summed E-state index contributed by atoms with van der Waals surface area (Å²) in [4.78, 5) is 10.7. The molecule has 0 heterocycles. The van der Waals surface area contributed by atoms with Gasteiger partial charge in [0.15, 0.2) is 0 Å². The van der Waals surface area contributed by atoms with E-state index in [1.807, 2.05) is 20.8 Å². The lowest BCUT2D eigenvalue weighted by Gasteiger charge is -2.14. The number of hydrogen-bond acceptors (Lipinski definition) is 1. The molecule has 0 bridgehead atoms. The predicted octanol–water partition coefficient (Wildman–Crippen LogP) is -0.303. The Morgan fingerprint density at radius 2 is 1.88 bits per heavy atom. The molecule has 3 heteroatoms. The molecule has 0 aliphatic rings. The first kappa shape index (κ1) is 7.53. The summed E-state index contributed by atoms with van der Waals surface area (Å²) in [5, 5.41) is 2.57. The first-order chi connectivity index (χ1) is 3.48. The minimum atomic E-state index is -0.241. The molecule has 46 valence electrons. The van der Waals surface area contributed by atoms with Crippen molar-refractivity contribution < 1.29 is 4.79 Å². The molecule has 2 nitrogen and oxygen atoms in total. The lowest BCUT2D eigenvalue weighted by atomic mass is 9.95. The third-order valence-electron chi connectivity index (χ3n) is 0.908. The second kappa shape index (κ2) is 2.20. The Balaban J connectivity index is 3.82. The molecule has 0 aromatic carbocycles. The highest BCUT2D eigenvalue weighted by molar-refractivity contribution is 6.15. The quantitative estimate of drug-likeness (QED) is 0.429. The molecular formula is C5H12BNO. The van der Waals surface area contributed by atoms with Gasteiger partial charge in [0.25, 0.3) is 0 Å². The Hall–Kier alpha value is -0.465. The summed E-state index contributed by atoms with van der Waals surface area (Å²) in [5.74, 6) is 0.0810. The van der Waals surface area contributed by atoms with Crippen LogP contribution in [0.25, 0.3) is 0 Å². The normalized spacial score (nSPS) is 10.9. The summed E-state index contributed by atoms with van der Waals surface area (Å²) in [6, 6.07) is 0. The number of rotatable bonds is 0. The van der Waals surface area contributed by atoms with E-state index in [4.69, 9.17) is 0 Å². The van der Waals surface area contributed by atoms with Crippen LogP contribution < -0.4 is 5.23 Å². The van der Waals surface area contributed by atoms with Gasteiger partial charge in [0, 0.05) is 5.41 Å². The molecule has 1 amide bonds. The van der Waals surface area contributed by atoms with Crippen molar-refractivity contribution in [1.29, 1.82) is 0 Å². The van der Waals surface area contributed by atoms with E-state index in [1.165, 1.54) is 0 Å². The summed E-state index contributed by atoms with van der Waals surface area (Å²) in [6.45, 7) is 5.64. The summed E-state index contributed by atoms with van der Waals surface area (Å²) in [6.07, 6.45) is 0. The van der Waals surface area contributed by atoms with Gasteiger partial charge in [-0.3, -0.25) is 4.79 Å². The summed E-state index contributed by atoms with van der Waals surface area (Å²) in [7, 11) is 1.65. The van der Waals surface area contributed by atoms with Crippen LogP contribution in [0.2, 0.25) is 0 Å². The molecule has 0 unspecified atom stereocenters. The van der Waals surface area contributed by atoms with Gasteiger partial charge in [-0.1, -0.05) is 20.8 Å². The zero-order valence-electron chi connectivity index (χ0n) is 5.91. The largest absolute Gasteiger partial charge is 0.406 e. The highest BCUT2D eigenvalue weighted by Crippen LogP contribution is 2.11. The van der Waals surface area contributed by atoms with Gasteiger partial charge in [0.1, 0.15) is 0 Å². The third kappa shape index (κ3) is 2.00. The van der Waals surface area contributed by atoms with Crippen LogP contribution in [-0.4, -0.2) is 13.9 Å². The first-order valence-corrected chi connectivity index (χ1v) is 2.70. The Morgan fingerprint density at radius 3 is 1.88 bits per heavy atom. The monoisotopic (exact) mass is 113 g/mol. The van der Waals surface area contributed by atoms with Gasteiger partial charge in [-0.05, 0) is 0 Å². The van der Waals surface area contributed by atoms with E-state index in [2.05, 4.69) is 5.23 Å². The van der Waals surface area contributed by atoms with Crippen LogP contribution in [0.1, 0.15) is 20.8 Å². The molecule has 0 fully saturated rings. The second-order valence-electron chi connectivity index (χ2n) is 2.83. The van der Waals surface area contributed by atoms with Crippen LogP contribution in [0, 0.1) is 5.41 Å². The van der Waals surface area contributed by atoms with Gasteiger partial charge in [-0.15, -0.1) is 0 Å². The van der Waals surface area contributed by atoms with E-state index >= 15 is 0 Å². The van der Waals surface area contributed by atoms with E-state index in [9.17, 15) is 4.79 Å². The lowest BCUT2D eigenvalue weighted by Crippen LogP contribution is -2.32. The topological polar surface area (TPSA) is 29.1 Å². The molecule has 0 aliphatic carbocycles. The Kier molecular flexibility index (Phi) is 2.07. The van der Waals surface area contributed by atoms with Crippen LogP contribution in [0.15, 0.2) is 0 Å². The predicted molar refractivity (Wildman–Crippen MR) is 36.1 cm³/mol. The van der Waals surface area contributed by atoms with Crippen molar-refractivity contribution >= 4 is 13.9 Å². The molecule has 8 heavy (non-hydrogen) atoms. The SMILES string of the molecule is BNC(=O)C(C)(C)C. The average molecular weight is 113 g/mol. The van der Waals surface area contributed by atoms with Crippen molar-refractivity contribution in [3.63, 3.8) is 0 Å². The van der Waals surface area contributed by atoms with E-state index in [0.717, 1.165) is 0 Å². The van der Waals surface area contributed by atoms with E-state index < -0.39 is 0 Å². The van der Waals surface area contributed by atoms with Gasteiger partial charge < -0.3 is 5.23 Å². The van der Waals surface area contributed by atoms with Crippen LogP contribution >= 0.6 is 0 Å². The molecule has 0 saturated heterocycles. The van der Waals surface area contributed by atoms with Crippen LogP contribution in [0.3, 0.4) is 0 Å². The fraction of sp³-hybridized carbons (Fsp3) is 0.800. The van der Waals surface area contributed by atoms with Crippen LogP contribution in [0.5, 0.6) is 0 Å². The number of nitrogens with one attached hydrogen (secondary N) is 1. The highest BCUT2D eigenvalue weighted by atomic mass is 16.1. The molecule has 0 aromatic rings. The average Bonchev–Trinajstić information content (AvgIpc) is 1.62. The summed E-state index contributed by atoms with van der Waals surface area (Å²) < 4.78 is 0. The lowest BCUT2D eigenvalue weighted by molar-refractivity contribution is -0.126. The maximum atomic E-state index is 10.7. The molecule has 0 saturated carbocycles. The van der Waals surface area contributed by atoms with Crippen molar-refractivity contribution in [2.75, 3.05) is 0 Å². The standard InChI is InChI=1S/C5H12BNO/c1-5(2,3)4(8)7-6/h6H2,1-3H3,(H,7,8). The van der Waals surface area contributed by atoms with Gasteiger partial charge in [-0.25, -0.2) is 0 Å². The Labute approximate surface area is 51.1 Å². The zero-order chi connectivity index (χ0) is 6.78. The van der Waals surface area contributed by atoms with Gasteiger partial charge in [0.2, 0.25) is 13.9 Å². The molecule has 0 rings (SSSR count). The van der Waals surface area contributed by atoms with Gasteiger partial charge >= 0.3 is 0 Å². The van der Waals surface area contributed by atoms with Crippen LogP contribution in [0.4, 0.5) is 0 Å². The van der Waals surface area contributed by atoms with Gasteiger partial charge in [0.05, 0.1) is 0 Å². The third-order valence-corrected chi connectivity index (χ3v) is 0.908. The number of hydrogen-bond donors (Lipinski definition) is 1. The number of amides is 1. The fourth-order valence-corrected chi connectivity index (χ4v) is 0.375. The van der Waals surface area contributed by atoms with Crippen LogP contribution in [-0.2, 0) is 4.79 Å². The van der Waals surface area contributed by atoms with Crippen molar-refractivity contribution in [2.24, 2.45) is 5.41 Å². The molecule has 0 spiro atoms. The van der Waals surface area contributed by atoms with Crippen molar-refractivity contribution in [3.05, 3.63) is 0 Å². The van der Waals surface area contributed by atoms with Crippen molar-refractivity contribution in [2.45, 2.75) is 20.8 Å². The molecule has 0 radical (unpaired) electrons. The van der Waals surface area contributed by atoms with E-state index in [1.54, 1.807) is 7.98 Å². The van der Waals surface area contributed by atoms with Crippen molar-refractivity contribution in [1.82, 2.24) is 5.23 Å². The minimum absolute atomic E-state index is 0.0810. The smallest absolute Gasteiger partial charge is 0.217 e. The first-order valence-electron chi connectivity index (χ1n) is 2.70. The van der Waals surface area contributed by atoms with E-state index in [-0.39, 0.29) is 11.3 Å². The number of carbonyl (C=O) groups is 1. The molecule has 0 atom stereocenters. The van der Waals surface area contributed by atoms with Crippen molar-refractivity contribution in [3.8, 4) is 0 Å². The van der Waals surface area contributed by atoms with Gasteiger partial charge in [-0.2, -0.15) is 0 Å².